The molecule has 0 atom stereocenters. The number of methoxy groups -OCH3 is 1. The first kappa shape index (κ1) is 17.8. The van der Waals surface area contributed by atoms with E-state index in [4.69, 9.17) is 11.6 Å². The number of hydrogen-bond acceptors (Lipinski definition) is 4. The molecule has 5 nitrogen and oxygen atoms in total. The van der Waals surface area contributed by atoms with E-state index in [1.54, 1.807) is 0 Å². The number of rotatable bonds is 3. The fourth-order valence-electron chi connectivity index (χ4n) is 1.75. The monoisotopic (exact) mass is 461 g/mol. The van der Waals surface area contributed by atoms with Gasteiger partial charge in [0.1, 0.15) is 5.75 Å². The van der Waals surface area contributed by atoms with Crippen LogP contribution in [0.15, 0.2) is 39.3 Å². The number of nitrogens with one attached hydrogen (secondary N) is 1. The second-order valence-electron chi connectivity index (χ2n) is 4.43. The SMILES string of the molecule is COC(=O)c1ccc(NC(=O)c2cc(Br)c(O)c(Br)c2)c(Cl)c1. The van der Waals surface area contributed by atoms with Crippen LogP contribution in [0, 0.1) is 0 Å². The molecule has 1 amide bonds. The minimum atomic E-state index is -0.517. The molecule has 0 aliphatic rings. The lowest BCUT2D eigenvalue weighted by atomic mass is 10.1. The van der Waals surface area contributed by atoms with Gasteiger partial charge in [-0.05, 0) is 62.2 Å². The van der Waals surface area contributed by atoms with Gasteiger partial charge in [0, 0.05) is 5.56 Å². The van der Waals surface area contributed by atoms with Crippen molar-refractivity contribution in [2.75, 3.05) is 12.4 Å². The Morgan fingerprint density at radius 1 is 1.13 bits per heavy atom. The third kappa shape index (κ3) is 4.04. The predicted molar refractivity (Wildman–Crippen MR) is 94.3 cm³/mol. The molecule has 8 heteroatoms. The summed E-state index contributed by atoms with van der Waals surface area (Å²) in [6.07, 6.45) is 0. The van der Waals surface area contributed by atoms with Crippen LogP contribution in [-0.4, -0.2) is 24.1 Å². The standard InChI is InChI=1S/C15H10Br2ClNO4/c1-23-15(22)7-2-3-12(11(18)6-7)19-14(21)8-4-9(16)13(20)10(17)5-8/h2-6,20H,1H3,(H,19,21). The van der Waals surface area contributed by atoms with Crippen molar-refractivity contribution >= 4 is 61.0 Å². The van der Waals surface area contributed by atoms with Crippen molar-refractivity contribution in [3.8, 4) is 5.75 Å². The fraction of sp³-hybridized carbons (Fsp3) is 0.0667. The van der Waals surface area contributed by atoms with E-state index < -0.39 is 11.9 Å². The van der Waals surface area contributed by atoms with Crippen LogP contribution < -0.4 is 5.32 Å². The minimum absolute atomic E-state index is 0.00186. The van der Waals surface area contributed by atoms with Crippen molar-refractivity contribution in [1.29, 1.82) is 0 Å². The molecular weight excluding hydrogens is 453 g/mol. The Bertz CT molecular complexity index is 772. The maximum atomic E-state index is 12.3. The van der Waals surface area contributed by atoms with Crippen LogP contribution in [-0.2, 0) is 4.74 Å². The lowest BCUT2D eigenvalue weighted by Gasteiger charge is -2.10. The number of esters is 1. The quantitative estimate of drug-likeness (QED) is 0.652. The average molecular weight is 464 g/mol. The number of carbonyl (C=O) groups is 2. The van der Waals surface area contributed by atoms with E-state index in [1.807, 2.05) is 0 Å². The lowest BCUT2D eigenvalue weighted by molar-refractivity contribution is 0.0600. The van der Waals surface area contributed by atoms with Crippen molar-refractivity contribution in [3.05, 3.63) is 55.4 Å². The molecule has 0 heterocycles. The summed E-state index contributed by atoms with van der Waals surface area (Å²) in [4.78, 5) is 23.7. The van der Waals surface area contributed by atoms with Crippen LogP contribution in [0.1, 0.15) is 20.7 Å². The van der Waals surface area contributed by atoms with E-state index in [0.29, 0.717) is 20.2 Å². The first-order valence-corrected chi connectivity index (χ1v) is 8.17. The van der Waals surface area contributed by atoms with Gasteiger partial charge in [-0.15, -0.1) is 0 Å². The average Bonchev–Trinajstić information content (AvgIpc) is 2.53. The zero-order valence-corrected chi connectivity index (χ0v) is 15.6. The van der Waals surface area contributed by atoms with Gasteiger partial charge in [-0.2, -0.15) is 0 Å². The molecule has 2 aromatic carbocycles. The van der Waals surface area contributed by atoms with Gasteiger partial charge in [0.25, 0.3) is 5.91 Å². The number of hydrogen-bond donors (Lipinski definition) is 2. The molecule has 0 spiro atoms. The van der Waals surface area contributed by atoms with E-state index in [0.717, 1.165) is 0 Å². The van der Waals surface area contributed by atoms with Gasteiger partial charge in [-0.3, -0.25) is 4.79 Å². The summed E-state index contributed by atoms with van der Waals surface area (Å²) >= 11 is 12.4. The van der Waals surface area contributed by atoms with E-state index in [1.165, 1.54) is 37.4 Å². The van der Waals surface area contributed by atoms with Crippen molar-refractivity contribution in [2.24, 2.45) is 0 Å². The molecule has 23 heavy (non-hydrogen) atoms. The second-order valence-corrected chi connectivity index (χ2v) is 6.54. The Kier molecular flexibility index (Phi) is 5.67. The summed E-state index contributed by atoms with van der Waals surface area (Å²) in [5.41, 5.74) is 0.949. The topological polar surface area (TPSA) is 75.6 Å². The number of anilines is 1. The number of aromatic hydroxyl groups is 1. The number of halogens is 3. The van der Waals surface area contributed by atoms with Crippen LogP contribution >= 0.6 is 43.5 Å². The molecule has 2 N–H and O–H groups in total. The molecule has 0 aliphatic heterocycles. The minimum Gasteiger partial charge on any atom is -0.506 e. The Balaban J connectivity index is 2.25. The van der Waals surface area contributed by atoms with Crippen LogP contribution in [0.3, 0.4) is 0 Å². The molecule has 2 aromatic rings. The highest BCUT2D eigenvalue weighted by atomic mass is 79.9. The van der Waals surface area contributed by atoms with Crippen LogP contribution in [0.4, 0.5) is 5.69 Å². The summed E-state index contributed by atoms with van der Waals surface area (Å²) in [6.45, 7) is 0. The molecule has 120 valence electrons. The van der Waals surface area contributed by atoms with Gasteiger partial charge >= 0.3 is 5.97 Å². The third-order valence-corrected chi connectivity index (χ3v) is 4.44. The van der Waals surface area contributed by atoms with Crippen molar-refractivity contribution in [1.82, 2.24) is 0 Å². The Morgan fingerprint density at radius 2 is 1.74 bits per heavy atom. The summed E-state index contributed by atoms with van der Waals surface area (Å²) < 4.78 is 5.36. The van der Waals surface area contributed by atoms with Gasteiger partial charge in [0.2, 0.25) is 0 Å². The zero-order valence-electron chi connectivity index (χ0n) is 11.7. The number of phenols is 1. The number of phenolic OH excluding ortho intramolecular Hbond substituents is 1. The van der Waals surface area contributed by atoms with Gasteiger partial charge in [-0.1, -0.05) is 11.6 Å². The van der Waals surface area contributed by atoms with Crippen LogP contribution in [0.25, 0.3) is 0 Å². The molecule has 0 aromatic heterocycles. The van der Waals surface area contributed by atoms with E-state index in [2.05, 4.69) is 41.9 Å². The van der Waals surface area contributed by atoms with Gasteiger partial charge in [0.05, 0.1) is 32.3 Å². The fourth-order valence-corrected chi connectivity index (χ4v) is 3.17. The van der Waals surface area contributed by atoms with Gasteiger partial charge in [0.15, 0.2) is 0 Å². The first-order valence-electron chi connectivity index (χ1n) is 6.20. The van der Waals surface area contributed by atoms with Gasteiger partial charge in [-0.25, -0.2) is 4.79 Å². The van der Waals surface area contributed by atoms with Crippen molar-refractivity contribution in [3.63, 3.8) is 0 Å². The molecule has 0 saturated heterocycles. The second kappa shape index (κ2) is 7.33. The van der Waals surface area contributed by atoms with Crippen molar-refractivity contribution < 1.29 is 19.4 Å². The summed E-state index contributed by atoms with van der Waals surface area (Å²) in [5, 5.41) is 12.5. The maximum absolute atomic E-state index is 12.3. The number of amides is 1. The molecule has 0 bridgehead atoms. The Labute approximate surface area is 153 Å². The lowest BCUT2D eigenvalue weighted by Crippen LogP contribution is -2.12. The highest BCUT2D eigenvalue weighted by Gasteiger charge is 2.14. The van der Waals surface area contributed by atoms with Gasteiger partial charge < -0.3 is 15.2 Å². The Hall–Kier alpha value is -1.57. The highest BCUT2D eigenvalue weighted by Crippen LogP contribution is 2.33. The molecule has 0 aliphatic carbocycles. The summed E-state index contributed by atoms with van der Waals surface area (Å²) in [6, 6.07) is 7.37. The molecular formula is C15H10Br2ClNO4. The van der Waals surface area contributed by atoms with E-state index in [9.17, 15) is 14.7 Å². The summed E-state index contributed by atoms with van der Waals surface area (Å²) in [7, 11) is 1.27. The van der Waals surface area contributed by atoms with Crippen LogP contribution in [0.5, 0.6) is 5.75 Å². The van der Waals surface area contributed by atoms with Crippen molar-refractivity contribution in [2.45, 2.75) is 0 Å². The Morgan fingerprint density at radius 3 is 2.26 bits per heavy atom. The smallest absolute Gasteiger partial charge is 0.337 e. The van der Waals surface area contributed by atoms with E-state index in [-0.39, 0.29) is 16.3 Å². The number of carbonyl (C=O) groups excluding carboxylic acids is 2. The number of benzene rings is 2. The zero-order chi connectivity index (χ0) is 17.1. The molecule has 2 rings (SSSR count). The summed E-state index contributed by atoms with van der Waals surface area (Å²) in [5.74, 6) is -0.933. The molecule has 0 unspecified atom stereocenters. The molecule has 0 fully saturated rings. The molecule has 0 radical (unpaired) electrons. The third-order valence-electron chi connectivity index (χ3n) is 2.92. The maximum Gasteiger partial charge on any atom is 0.337 e. The van der Waals surface area contributed by atoms with E-state index >= 15 is 0 Å². The number of ether oxygens (including phenoxy) is 1. The normalized spacial score (nSPS) is 10.3. The highest BCUT2D eigenvalue weighted by molar-refractivity contribution is 9.11. The predicted octanol–water partition coefficient (Wildman–Crippen LogP) is 4.61. The van der Waals surface area contributed by atoms with Crippen LogP contribution in [0.2, 0.25) is 5.02 Å². The largest absolute Gasteiger partial charge is 0.506 e. The first-order chi connectivity index (χ1) is 10.8. The molecule has 0 saturated carbocycles.